The Balaban J connectivity index is 1.31. The van der Waals surface area contributed by atoms with Crippen LogP contribution in [0.4, 0.5) is 0 Å². The van der Waals surface area contributed by atoms with Crippen LogP contribution in [0, 0.1) is 23.2 Å². The molecule has 1 saturated heterocycles. The molecule has 38 heavy (non-hydrogen) atoms. The van der Waals surface area contributed by atoms with Crippen molar-refractivity contribution in [3.05, 3.63) is 71.3 Å². The van der Waals surface area contributed by atoms with E-state index < -0.39 is 5.60 Å². The number of likely N-dealkylation sites (tertiary alicyclic amines) is 1. The third kappa shape index (κ3) is 5.19. The Labute approximate surface area is 229 Å². The maximum absolute atomic E-state index is 13.2. The van der Waals surface area contributed by atoms with Gasteiger partial charge < -0.3 is 15.1 Å². The first-order valence-electron chi connectivity index (χ1n) is 14.9. The van der Waals surface area contributed by atoms with E-state index in [4.69, 9.17) is 0 Å². The fourth-order valence-corrected chi connectivity index (χ4v) is 8.56. The van der Waals surface area contributed by atoms with Crippen LogP contribution in [0.5, 0.6) is 0 Å². The molecule has 0 bridgehead atoms. The summed E-state index contributed by atoms with van der Waals surface area (Å²) in [6.07, 6.45) is 14.7. The van der Waals surface area contributed by atoms with Crippen molar-refractivity contribution >= 4 is 5.91 Å². The van der Waals surface area contributed by atoms with Gasteiger partial charge in [0, 0.05) is 19.0 Å². The van der Waals surface area contributed by atoms with Gasteiger partial charge in [-0.2, -0.15) is 0 Å². The first kappa shape index (κ1) is 27.4. The Bertz CT molecular complexity index is 1100. The molecule has 5 rings (SSSR count). The summed E-state index contributed by atoms with van der Waals surface area (Å²) in [6.45, 7) is 11.3. The maximum Gasteiger partial charge on any atom is 0.254 e. The van der Waals surface area contributed by atoms with Gasteiger partial charge in [0.15, 0.2) is 0 Å². The van der Waals surface area contributed by atoms with Gasteiger partial charge in [0.05, 0.1) is 6.10 Å². The van der Waals surface area contributed by atoms with Crippen LogP contribution in [-0.2, 0) is 11.3 Å². The lowest BCUT2D eigenvalue weighted by atomic mass is 9.60. The lowest BCUT2D eigenvalue weighted by molar-refractivity contribution is -0.142. The number of hydrogen-bond acceptors (Lipinski definition) is 3. The van der Waals surface area contributed by atoms with Crippen LogP contribution in [0.25, 0.3) is 0 Å². The van der Waals surface area contributed by atoms with Gasteiger partial charge in [0.25, 0.3) is 5.91 Å². The van der Waals surface area contributed by atoms with Crippen LogP contribution < -0.4 is 0 Å². The lowest BCUT2D eigenvalue weighted by Gasteiger charge is -2.45. The van der Waals surface area contributed by atoms with E-state index in [1.807, 2.05) is 23.1 Å². The summed E-state index contributed by atoms with van der Waals surface area (Å²) in [5.41, 5.74) is 3.84. The molecule has 1 aromatic rings. The van der Waals surface area contributed by atoms with Crippen LogP contribution in [0.2, 0.25) is 0 Å². The topological polar surface area (TPSA) is 60.8 Å². The summed E-state index contributed by atoms with van der Waals surface area (Å²) in [7, 11) is 0. The van der Waals surface area contributed by atoms with Gasteiger partial charge in [-0.3, -0.25) is 4.79 Å². The third-order valence-electron chi connectivity index (χ3n) is 10.6. The van der Waals surface area contributed by atoms with Crippen LogP contribution in [-0.4, -0.2) is 38.8 Å². The van der Waals surface area contributed by atoms with E-state index in [9.17, 15) is 15.0 Å². The fourth-order valence-electron chi connectivity index (χ4n) is 8.56. The van der Waals surface area contributed by atoms with E-state index in [0.717, 1.165) is 36.8 Å². The van der Waals surface area contributed by atoms with Crippen LogP contribution in [0.15, 0.2) is 65.8 Å². The average molecular weight is 518 g/mol. The molecular formula is C34H47NO3. The van der Waals surface area contributed by atoms with Gasteiger partial charge in [0.1, 0.15) is 5.60 Å². The van der Waals surface area contributed by atoms with Crippen LogP contribution in [0.3, 0.4) is 0 Å². The summed E-state index contributed by atoms with van der Waals surface area (Å²) in [4.78, 5) is 15.1. The van der Waals surface area contributed by atoms with Crippen molar-refractivity contribution in [2.45, 2.75) is 109 Å². The molecule has 2 unspecified atom stereocenters. The molecule has 4 nitrogen and oxygen atoms in total. The van der Waals surface area contributed by atoms with Crippen molar-refractivity contribution < 1.29 is 15.0 Å². The molecule has 4 aliphatic rings. The quantitative estimate of drug-likeness (QED) is 0.440. The molecule has 0 spiro atoms. The fraction of sp³-hybridized carbons (Fsp3) is 0.618. The van der Waals surface area contributed by atoms with E-state index in [0.29, 0.717) is 30.7 Å². The number of aliphatic hydroxyl groups excluding tert-OH is 1. The van der Waals surface area contributed by atoms with Crippen molar-refractivity contribution in [2.24, 2.45) is 23.2 Å². The lowest BCUT2D eigenvalue weighted by Crippen LogP contribution is -2.40. The molecule has 206 valence electrons. The highest BCUT2D eigenvalue weighted by Gasteiger charge is 2.53. The average Bonchev–Trinajstić information content (AvgIpc) is 3.34. The standard InChI is InChI=1S/C34H47NO3/c1-23(20-28-21-34(4,38)32(37)35(28)22-25-10-6-5-7-11-25)29-17-18-30-27(13-9-19-33(29,30)3)16-15-26-12-8-14-31(36)24(26)2/h5-7,10-11,15-16,23,28-31,36,38H,2,8-9,12-14,17-22H2,1,3-4H3/b26-15-,27-16+/t23-,28?,29-,30+,31+,33-,34?/m1/s1. The number of aliphatic hydroxyl groups is 2. The van der Waals surface area contributed by atoms with E-state index in [2.05, 4.69) is 44.7 Å². The highest BCUT2D eigenvalue weighted by Crippen LogP contribution is 2.60. The Morgan fingerprint density at radius 2 is 1.87 bits per heavy atom. The SMILES string of the molecule is C=C1/C(=C\C=C2/CCC[C@]3(C)[C@@H]([C@H](C)CC4CC(C)(O)C(=O)N4Cc4ccccc4)CC[C@@H]23)CCC[C@@H]1O. The minimum atomic E-state index is -1.27. The van der Waals surface area contributed by atoms with Crippen LogP contribution in [0.1, 0.15) is 90.5 Å². The summed E-state index contributed by atoms with van der Waals surface area (Å²) >= 11 is 0. The van der Waals surface area contributed by atoms with Gasteiger partial charge in [0.2, 0.25) is 0 Å². The van der Waals surface area contributed by atoms with Crippen molar-refractivity contribution in [3.63, 3.8) is 0 Å². The summed E-state index contributed by atoms with van der Waals surface area (Å²) in [5, 5.41) is 21.1. The largest absolute Gasteiger partial charge is 0.388 e. The minimum Gasteiger partial charge on any atom is -0.388 e. The number of fused-ring (bicyclic) bond motifs is 1. The molecule has 4 heteroatoms. The van der Waals surface area contributed by atoms with Gasteiger partial charge >= 0.3 is 0 Å². The van der Waals surface area contributed by atoms with Gasteiger partial charge in [-0.05, 0) is 105 Å². The van der Waals surface area contributed by atoms with Gasteiger partial charge in [-0.15, -0.1) is 0 Å². The molecule has 1 amide bonds. The third-order valence-corrected chi connectivity index (χ3v) is 10.6. The zero-order valence-electron chi connectivity index (χ0n) is 23.7. The van der Waals surface area contributed by atoms with E-state index in [1.165, 1.54) is 37.7 Å². The predicted octanol–water partition coefficient (Wildman–Crippen LogP) is 6.73. The smallest absolute Gasteiger partial charge is 0.254 e. The number of amides is 1. The molecule has 1 aliphatic heterocycles. The molecule has 3 aliphatic carbocycles. The Hall–Kier alpha value is -2.17. The molecule has 4 fully saturated rings. The monoisotopic (exact) mass is 517 g/mol. The molecule has 1 aromatic carbocycles. The summed E-state index contributed by atoms with van der Waals surface area (Å²) < 4.78 is 0. The predicted molar refractivity (Wildman–Crippen MR) is 153 cm³/mol. The number of carbonyl (C=O) groups excluding carboxylic acids is 1. The molecule has 2 N–H and O–H groups in total. The first-order valence-corrected chi connectivity index (χ1v) is 14.9. The van der Waals surface area contributed by atoms with E-state index in [-0.39, 0.29) is 23.5 Å². The number of nitrogens with zero attached hydrogens (tertiary/aromatic N) is 1. The zero-order valence-corrected chi connectivity index (χ0v) is 23.7. The normalized spacial score (nSPS) is 38.7. The Kier molecular flexibility index (Phi) is 7.77. The van der Waals surface area contributed by atoms with E-state index in [1.54, 1.807) is 12.5 Å². The number of benzene rings is 1. The number of allylic oxidation sites excluding steroid dienone is 3. The second-order valence-electron chi connectivity index (χ2n) is 13.2. The van der Waals surface area contributed by atoms with Crippen LogP contribution >= 0.6 is 0 Å². The second-order valence-corrected chi connectivity index (χ2v) is 13.2. The number of hydrogen-bond donors (Lipinski definition) is 2. The van der Waals surface area contributed by atoms with Gasteiger partial charge in [-0.25, -0.2) is 0 Å². The summed E-state index contributed by atoms with van der Waals surface area (Å²) in [5.74, 6) is 1.59. The number of rotatable bonds is 6. The Morgan fingerprint density at radius 3 is 2.63 bits per heavy atom. The molecule has 7 atom stereocenters. The summed E-state index contributed by atoms with van der Waals surface area (Å²) in [6, 6.07) is 10.2. The highest BCUT2D eigenvalue weighted by atomic mass is 16.3. The Morgan fingerprint density at radius 1 is 1.11 bits per heavy atom. The van der Waals surface area contributed by atoms with Crippen molar-refractivity contribution in [3.8, 4) is 0 Å². The highest BCUT2D eigenvalue weighted by molar-refractivity contribution is 5.87. The molecule has 0 radical (unpaired) electrons. The van der Waals surface area contributed by atoms with Crippen molar-refractivity contribution in [2.75, 3.05) is 0 Å². The molecular weight excluding hydrogens is 470 g/mol. The molecule has 1 heterocycles. The van der Waals surface area contributed by atoms with Crippen molar-refractivity contribution in [1.82, 2.24) is 4.90 Å². The molecule has 3 saturated carbocycles. The van der Waals surface area contributed by atoms with Gasteiger partial charge in [-0.1, -0.05) is 68.5 Å². The number of carbonyl (C=O) groups is 1. The van der Waals surface area contributed by atoms with E-state index >= 15 is 0 Å². The van der Waals surface area contributed by atoms with Crippen molar-refractivity contribution in [1.29, 1.82) is 0 Å². The minimum absolute atomic E-state index is 0.0717. The molecule has 0 aromatic heterocycles. The first-order chi connectivity index (χ1) is 18.1. The maximum atomic E-state index is 13.2. The zero-order chi connectivity index (χ0) is 27.1. The second kappa shape index (κ2) is 10.8.